The molecule has 0 radical (unpaired) electrons. The molecular formula is C13H18Cl2N2O3S. The molecule has 0 aromatic heterocycles. The van der Waals surface area contributed by atoms with E-state index >= 15 is 0 Å². The Labute approximate surface area is 134 Å². The van der Waals surface area contributed by atoms with Crippen molar-refractivity contribution < 1.29 is 13.2 Å². The second kappa shape index (κ2) is 7.45. The molecule has 1 rings (SSSR count). The normalized spacial score (nSPS) is 13.0. The molecule has 0 fully saturated rings. The van der Waals surface area contributed by atoms with Crippen LogP contribution < -0.4 is 5.73 Å². The number of hydrogen-bond acceptors (Lipinski definition) is 4. The molecule has 0 heterocycles. The summed E-state index contributed by atoms with van der Waals surface area (Å²) in [6.45, 7) is 0.255. The molecule has 0 aliphatic carbocycles. The van der Waals surface area contributed by atoms with Gasteiger partial charge in [0.15, 0.2) is 0 Å². The first-order valence-electron chi connectivity index (χ1n) is 6.23. The lowest BCUT2D eigenvalue weighted by Gasteiger charge is -2.22. The number of benzene rings is 1. The lowest BCUT2D eigenvalue weighted by atomic mass is 10.1. The van der Waals surface area contributed by atoms with E-state index in [0.717, 1.165) is 6.26 Å². The van der Waals surface area contributed by atoms with E-state index in [1.807, 2.05) is 0 Å². The molecule has 1 aromatic rings. The molecule has 8 heteroatoms. The smallest absolute Gasteiger partial charge is 0.239 e. The Morgan fingerprint density at radius 2 is 2.00 bits per heavy atom. The molecular weight excluding hydrogens is 335 g/mol. The number of likely N-dealkylation sites (N-methyl/N-ethyl adjacent to an activating group) is 1. The minimum Gasteiger partial charge on any atom is -0.340 e. The van der Waals surface area contributed by atoms with E-state index in [-0.39, 0.29) is 24.6 Å². The molecule has 0 spiro atoms. The SMILES string of the molecule is CN(Cc1cccc(Cl)c1Cl)C(=O)C(N)CCS(C)(=O)=O. The van der Waals surface area contributed by atoms with Crippen LogP contribution in [-0.4, -0.2) is 44.3 Å². The van der Waals surface area contributed by atoms with Crippen LogP contribution in [0.5, 0.6) is 0 Å². The number of amides is 1. The average molecular weight is 353 g/mol. The van der Waals surface area contributed by atoms with Gasteiger partial charge in [0.05, 0.1) is 21.8 Å². The minimum absolute atomic E-state index is 0.0886. The number of rotatable bonds is 6. The largest absolute Gasteiger partial charge is 0.340 e. The van der Waals surface area contributed by atoms with Crippen LogP contribution in [0.3, 0.4) is 0 Å². The molecule has 1 unspecified atom stereocenters. The van der Waals surface area contributed by atoms with Crippen molar-refractivity contribution in [3.8, 4) is 0 Å². The van der Waals surface area contributed by atoms with Gasteiger partial charge in [-0.3, -0.25) is 4.79 Å². The van der Waals surface area contributed by atoms with Crippen LogP contribution in [0.15, 0.2) is 18.2 Å². The molecule has 1 aromatic carbocycles. The number of nitrogens with zero attached hydrogens (tertiary/aromatic N) is 1. The lowest BCUT2D eigenvalue weighted by Crippen LogP contribution is -2.42. The third kappa shape index (κ3) is 5.82. The summed E-state index contributed by atoms with van der Waals surface area (Å²) >= 11 is 12.0. The summed E-state index contributed by atoms with van der Waals surface area (Å²) in [4.78, 5) is 13.5. The Bertz CT molecular complexity index is 620. The number of sulfone groups is 1. The molecule has 0 saturated carbocycles. The second-order valence-corrected chi connectivity index (χ2v) is 7.98. The molecule has 1 atom stereocenters. The molecule has 2 N–H and O–H groups in total. The third-order valence-electron chi connectivity index (χ3n) is 2.93. The topological polar surface area (TPSA) is 80.5 Å². The van der Waals surface area contributed by atoms with Crippen LogP contribution in [-0.2, 0) is 21.2 Å². The molecule has 21 heavy (non-hydrogen) atoms. The molecule has 1 amide bonds. The van der Waals surface area contributed by atoms with Gasteiger partial charge in [-0.15, -0.1) is 0 Å². The Balaban J connectivity index is 2.68. The fraction of sp³-hybridized carbons (Fsp3) is 0.462. The number of halogens is 2. The fourth-order valence-corrected chi connectivity index (χ4v) is 2.81. The van der Waals surface area contributed by atoms with E-state index in [9.17, 15) is 13.2 Å². The van der Waals surface area contributed by atoms with Gasteiger partial charge in [0.1, 0.15) is 9.84 Å². The van der Waals surface area contributed by atoms with Crippen LogP contribution in [0, 0.1) is 0 Å². The van der Waals surface area contributed by atoms with Gasteiger partial charge in [-0.1, -0.05) is 35.3 Å². The lowest BCUT2D eigenvalue weighted by molar-refractivity contribution is -0.131. The van der Waals surface area contributed by atoms with Crippen molar-refractivity contribution in [3.63, 3.8) is 0 Å². The maximum atomic E-state index is 12.1. The van der Waals surface area contributed by atoms with Crippen LogP contribution >= 0.6 is 23.2 Å². The zero-order valence-corrected chi connectivity index (χ0v) is 14.2. The Morgan fingerprint density at radius 3 is 2.57 bits per heavy atom. The average Bonchev–Trinajstić information content (AvgIpc) is 2.39. The molecule has 0 aliphatic heterocycles. The number of nitrogens with two attached hydrogens (primary N) is 1. The monoisotopic (exact) mass is 352 g/mol. The quantitative estimate of drug-likeness (QED) is 0.844. The second-order valence-electron chi connectivity index (χ2n) is 4.93. The molecule has 0 bridgehead atoms. The van der Waals surface area contributed by atoms with Gasteiger partial charge >= 0.3 is 0 Å². The van der Waals surface area contributed by atoms with E-state index in [4.69, 9.17) is 28.9 Å². The summed E-state index contributed by atoms with van der Waals surface area (Å²) in [6, 6.07) is 4.31. The summed E-state index contributed by atoms with van der Waals surface area (Å²) < 4.78 is 22.2. The summed E-state index contributed by atoms with van der Waals surface area (Å²) in [5.41, 5.74) is 6.44. The molecule has 118 valence electrons. The van der Waals surface area contributed by atoms with Crippen molar-refractivity contribution in [2.45, 2.75) is 19.0 Å². The van der Waals surface area contributed by atoms with Crippen LogP contribution in [0.2, 0.25) is 10.0 Å². The van der Waals surface area contributed by atoms with E-state index in [1.54, 1.807) is 25.2 Å². The van der Waals surface area contributed by atoms with Gasteiger partial charge in [-0.05, 0) is 18.1 Å². The van der Waals surface area contributed by atoms with Crippen molar-refractivity contribution in [1.82, 2.24) is 4.90 Å². The summed E-state index contributed by atoms with van der Waals surface area (Å²) in [7, 11) is -1.56. The zero-order valence-electron chi connectivity index (χ0n) is 11.8. The first kappa shape index (κ1) is 18.2. The Kier molecular flexibility index (Phi) is 6.46. The van der Waals surface area contributed by atoms with Gasteiger partial charge in [0, 0.05) is 19.8 Å². The van der Waals surface area contributed by atoms with Gasteiger partial charge < -0.3 is 10.6 Å². The Morgan fingerprint density at radius 1 is 1.38 bits per heavy atom. The first-order valence-corrected chi connectivity index (χ1v) is 9.04. The maximum absolute atomic E-state index is 12.1. The standard InChI is InChI=1S/C13H18Cl2N2O3S/c1-17(8-9-4-3-5-10(14)12(9)15)13(18)11(16)6-7-21(2,19)20/h3-5,11H,6-8,16H2,1-2H3. The van der Waals surface area contributed by atoms with Gasteiger partial charge in [0.2, 0.25) is 5.91 Å². The van der Waals surface area contributed by atoms with E-state index in [2.05, 4.69) is 0 Å². The van der Waals surface area contributed by atoms with Crippen molar-refractivity contribution >= 4 is 38.9 Å². The van der Waals surface area contributed by atoms with Gasteiger partial charge in [-0.2, -0.15) is 0 Å². The van der Waals surface area contributed by atoms with Gasteiger partial charge in [-0.25, -0.2) is 8.42 Å². The fourth-order valence-electron chi connectivity index (χ4n) is 1.75. The highest BCUT2D eigenvalue weighted by molar-refractivity contribution is 7.90. The third-order valence-corrected chi connectivity index (χ3v) is 4.77. The van der Waals surface area contributed by atoms with Gasteiger partial charge in [0.25, 0.3) is 0 Å². The van der Waals surface area contributed by atoms with Crippen molar-refractivity contribution in [2.24, 2.45) is 5.73 Å². The number of carbonyl (C=O) groups is 1. The predicted octanol–water partition coefficient (Wildman–Crippen LogP) is 1.71. The summed E-state index contributed by atoms with van der Waals surface area (Å²) in [5.74, 6) is -0.458. The first-order chi connectivity index (χ1) is 9.61. The highest BCUT2D eigenvalue weighted by Crippen LogP contribution is 2.26. The van der Waals surface area contributed by atoms with Crippen LogP contribution in [0.25, 0.3) is 0 Å². The van der Waals surface area contributed by atoms with E-state index in [1.165, 1.54) is 4.90 Å². The van der Waals surface area contributed by atoms with Crippen LogP contribution in [0.1, 0.15) is 12.0 Å². The predicted molar refractivity (Wildman–Crippen MR) is 85.2 cm³/mol. The highest BCUT2D eigenvalue weighted by atomic mass is 35.5. The highest BCUT2D eigenvalue weighted by Gasteiger charge is 2.20. The molecule has 0 aliphatic rings. The summed E-state index contributed by atoms with van der Waals surface area (Å²) in [5, 5.41) is 0.805. The number of hydrogen-bond donors (Lipinski definition) is 1. The van der Waals surface area contributed by atoms with Crippen molar-refractivity contribution in [1.29, 1.82) is 0 Å². The van der Waals surface area contributed by atoms with E-state index in [0.29, 0.717) is 15.6 Å². The molecule has 0 saturated heterocycles. The zero-order chi connectivity index (χ0) is 16.2. The maximum Gasteiger partial charge on any atom is 0.239 e. The van der Waals surface area contributed by atoms with Crippen molar-refractivity contribution in [3.05, 3.63) is 33.8 Å². The minimum atomic E-state index is -3.14. The summed E-state index contributed by atoms with van der Waals surface area (Å²) in [6.07, 6.45) is 1.20. The van der Waals surface area contributed by atoms with Crippen LogP contribution in [0.4, 0.5) is 0 Å². The number of carbonyl (C=O) groups excluding carboxylic acids is 1. The van der Waals surface area contributed by atoms with Crippen molar-refractivity contribution in [2.75, 3.05) is 19.1 Å². The molecule has 5 nitrogen and oxygen atoms in total. The Hall–Kier alpha value is -0.820. The van der Waals surface area contributed by atoms with E-state index < -0.39 is 15.9 Å².